The number of hydrogen-bond acceptors (Lipinski definition) is 6. The number of unbranched alkanes of at least 4 members (excludes halogenated alkanes) is 7. The standard InChI is InChI=1S/C25H55N3O3Si/c1-6-8-16-26(17-9-7-2)19-22-28-23-20-27(21-24-28)18-14-12-10-11-13-15-25-32(29-3,30-4)31-5/h6-25H2,1-5H3. The van der Waals surface area contributed by atoms with E-state index in [9.17, 15) is 0 Å². The fourth-order valence-corrected chi connectivity index (χ4v) is 6.35. The quantitative estimate of drug-likeness (QED) is 0.177. The third-order valence-electron chi connectivity index (χ3n) is 6.99. The van der Waals surface area contributed by atoms with Crippen molar-refractivity contribution >= 4 is 8.80 Å². The van der Waals surface area contributed by atoms with Crippen molar-refractivity contribution < 1.29 is 13.3 Å². The van der Waals surface area contributed by atoms with Gasteiger partial charge in [-0.2, -0.15) is 0 Å². The second kappa shape index (κ2) is 19.3. The highest BCUT2D eigenvalue weighted by Gasteiger charge is 2.36. The van der Waals surface area contributed by atoms with Crippen LogP contribution in [0.1, 0.15) is 78.1 Å². The van der Waals surface area contributed by atoms with Gasteiger partial charge in [-0.25, -0.2) is 0 Å². The zero-order valence-electron chi connectivity index (χ0n) is 22.2. The molecule has 1 aliphatic heterocycles. The highest BCUT2D eigenvalue weighted by Crippen LogP contribution is 2.18. The van der Waals surface area contributed by atoms with E-state index < -0.39 is 8.80 Å². The van der Waals surface area contributed by atoms with E-state index >= 15 is 0 Å². The van der Waals surface area contributed by atoms with Crippen molar-refractivity contribution in [3.63, 3.8) is 0 Å². The Morgan fingerprint density at radius 1 is 0.594 bits per heavy atom. The van der Waals surface area contributed by atoms with Crippen LogP contribution in [0, 0.1) is 0 Å². The summed E-state index contributed by atoms with van der Waals surface area (Å²) < 4.78 is 16.5. The summed E-state index contributed by atoms with van der Waals surface area (Å²) in [7, 11) is 2.75. The van der Waals surface area contributed by atoms with Crippen LogP contribution in [0.4, 0.5) is 0 Å². The van der Waals surface area contributed by atoms with E-state index in [1.165, 1.54) is 117 Å². The van der Waals surface area contributed by atoms with Crippen molar-refractivity contribution in [3.8, 4) is 0 Å². The lowest BCUT2D eigenvalue weighted by atomic mass is 10.1. The number of rotatable bonds is 21. The monoisotopic (exact) mass is 473 g/mol. The van der Waals surface area contributed by atoms with Crippen LogP contribution in [0.15, 0.2) is 0 Å². The molecule has 0 amide bonds. The van der Waals surface area contributed by atoms with Gasteiger partial charge in [0.1, 0.15) is 0 Å². The van der Waals surface area contributed by atoms with Crippen LogP contribution < -0.4 is 0 Å². The Hall–Kier alpha value is -0.0231. The Balaban J connectivity index is 2.04. The minimum Gasteiger partial charge on any atom is -0.377 e. The average molecular weight is 474 g/mol. The molecule has 0 atom stereocenters. The predicted molar refractivity (Wildman–Crippen MR) is 138 cm³/mol. The van der Waals surface area contributed by atoms with Gasteiger partial charge in [-0.3, -0.25) is 4.90 Å². The van der Waals surface area contributed by atoms with Crippen LogP contribution in [0.25, 0.3) is 0 Å². The number of nitrogens with zero attached hydrogens (tertiary/aromatic N) is 3. The molecule has 32 heavy (non-hydrogen) atoms. The lowest BCUT2D eigenvalue weighted by Gasteiger charge is -2.36. The Bertz CT molecular complexity index is 403. The molecule has 0 bridgehead atoms. The average Bonchev–Trinajstić information content (AvgIpc) is 2.84. The van der Waals surface area contributed by atoms with E-state index in [4.69, 9.17) is 13.3 Å². The van der Waals surface area contributed by atoms with Crippen molar-refractivity contribution in [1.82, 2.24) is 14.7 Å². The van der Waals surface area contributed by atoms with Crippen molar-refractivity contribution in [2.45, 2.75) is 84.1 Å². The summed E-state index contributed by atoms with van der Waals surface area (Å²) in [5.41, 5.74) is 0. The maximum Gasteiger partial charge on any atom is 0.500 e. The van der Waals surface area contributed by atoms with Crippen LogP contribution in [-0.2, 0) is 13.3 Å². The minimum absolute atomic E-state index is 0.926. The summed E-state index contributed by atoms with van der Waals surface area (Å²) >= 11 is 0. The first kappa shape index (κ1) is 30.0. The second-order valence-corrected chi connectivity index (χ2v) is 12.5. The van der Waals surface area contributed by atoms with Gasteiger partial charge in [0.2, 0.25) is 0 Å². The maximum atomic E-state index is 5.50. The molecule has 0 radical (unpaired) electrons. The first-order chi connectivity index (χ1) is 15.6. The topological polar surface area (TPSA) is 37.4 Å². The van der Waals surface area contributed by atoms with Crippen molar-refractivity contribution in [1.29, 1.82) is 0 Å². The first-order valence-electron chi connectivity index (χ1n) is 13.5. The van der Waals surface area contributed by atoms with E-state index in [-0.39, 0.29) is 0 Å². The summed E-state index contributed by atoms with van der Waals surface area (Å²) in [5, 5.41) is 0. The molecule has 0 aromatic carbocycles. The SMILES string of the molecule is CCCCN(CCCC)CCN1CCN(CCCCCCCC[Si](OC)(OC)OC)CC1. The fourth-order valence-electron chi connectivity index (χ4n) is 4.56. The van der Waals surface area contributed by atoms with Gasteiger partial charge in [-0.05, 0) is 45.3 Å². The molecule has 0 aliphatic carbocycles. The summed E-state index contributed by atoms with van der Waals surface area (Å²) in [5.74, 6) is 0. The van der Waals surface area contributed by atoms with Crippen LogP contribution in [0.5, 0.6) is 0 Å². The van der Waals surface area contributed by atoms with E-state index in [0.29, 0.717) is 0 Å². The molecule has 1 heterocycles. The summed E-state index contributed by atoms with van der Waals surface area (Å²) in [6.07, 6.45) is 13.0. The maximum absolute atomic E-state index is 5.50. The third kappa shape index (κ3) is 13.0. The number of hydrogen-bond donors (Lipinski definition) is 0. The van der Waals surface area contributed by atoms with E-state index in [0.717, 1.165) is 12.5 Å². The summed E-state index contributed by atoms with van der Waals surface area (Å²) in [6, 6.07) is 0.926. The molecular formula is C25H55N3O3Si. The van der Waals surface area contributed by atoms with Crippen molar-refractivity contribution in [2.24, 2.45) is 0 Å². The van der Waals surface area contributed by atoms with E-state index in [1.807, 2.05) is 0 Å². The van der Waals surface area contributed by atoms with Gasteiger partial charge in [-0.1, -0.05) is 52.4 Å². The fraction of sp³-hybridized carbons (Fsp3) is 1.00. The molecule has 6 nitrogen and oxygen atoms in total. The molecule has 1 aliphatic rings. The first-order valence-corrected chi connectivity index (χ1v) is 15.4. The van der Waals surface area contributed by atoms with Crippen LogP contribution in [0.3, 0.4) is 0 Å². The smallest absolute Gasteiger partial charge is 0.377 e. The molecule has 192 valence electrons. The molecular weight excluding hydrogens is 418 g/mol. The number of piperazine rings is 1. The highest BCUT2D eigenvalue weighted by atomic mass is 28.4. The molecule has 0 N–H and O–H groups in total. The van der Waals surface area contributed by atoms with E-state index in [1.54, 1.807) is 21.3 Å². The van der Waals surface area contributed by atoms with Crippen LogP contribution in [-0.4, -0.2) is 104 Å². The molecule has 0 unspecified atom stereocenters. The van der Waals surface area contributed by atoms with Gasteiger partial charge < -0.3 is 23.1 Å². The molecule has 0 aromatic heterocycles. The van der Waals surface area contributed by atoms with Gasteiger partial charge in [0.05, 0.1) is 0 Å². The van der Waals surface area contributed by atoms with E-state index in [2.05, 4.69) is 28.5 Å². The van der Waals surface area contributed by atoms with Crippen LogP contribution in [0.2, 0.25) is 6.04 Å². The summed E-state index contributed by atoms with van der Waals surface area (Å²) in [4.78, 5) is 8.06. The zero-order valence-corrected chi connectivity index (χ0v) is 23.2. The van der Waals surface area contributed by atoms with Gasteiger partial charge in [-0.15, -0.1) is 0 Å². The molecule has 1 fully saturated rings. The Morgan fingerprint density at radius 2 is 1.06 bits per heavy atom. The van der Waals surface area contributed by atoms with Crippen molar-refractivity contribution in [2.75, 3.05) is 80.2 Å². The van der Waals surface area contributed by atoms with Gasteiger partial charge in [0.15, 0.2) is 0 Å². The molecule has 0 aromatic rings. The Kier molecular flexibility index (Phi) is 18.1. The Morgan fingerprint density at radius 3 is 1.56 bits per heavy atom. The molecule has 1 saturated heterocycles. The third-order valence-corrected chi connectivity index (χ3v) is 9.83. The largest absolute Gasteiger partial charge is 0.500 e. The molecule has 0 spiro atoms. The van der Waals surface area contributed by atoms with Gasteiger partial charge in [0.25, 0.3) is 0 Å². The van der Waals surface area contributed by atoms with Crippen LogP contribution >= 0.6 is 0 Å². The predicted octanol–water partition coefficient (Wildman–Crippen LogP) is 4.72. The van der Waals surface area contributed by atoms with Crippen molar-refractivity contribution in [3.05, 3.63) is 0 Å². The molecule has 1 rings (SSSR count). The zero-order chi connectivity index (χ0) is 23.5. The normalized spacial score (nSPS) is 16.3. The Labute approximate surface area is 201 Å². The lowest BCUT2D eigenvalue weighted by Crippen LogP contribution is -2.48. The molecule has 7 heteroatoms. The van der Waals surface area contributed by atoms with Gasteiger partial charge in [0, 0.05) is 66.6 Å². The second-order valence-electron chi connectivity index (χ2n) is 9.40. The minimum atomic E-state index is -2.36. The summed E-state index contributed by atoms with van der Waals surface area (Å²) in [6.45, 7) is 15.9. The molecule has 0 saturated carbocycles. The highest BCUT2D eigenvalue weighted by molar-refractivity contribution is 6.60. The van der Waals surface area contributed by atoms with Gasteiger partial charge >= 0.3 is 8.80 Å². The lowest BCUT2D eigenvalue weighted by molar-refractivity contribution is 0.116.